The van der Waals surface area contributed by atoms with Crippen molar-refractivity contribution in [2.75, 3.05) is 11.4 Å². The minimum atomic E-state index is -0.763. The van der Waals surface area contributed by atoms with E-state index in [1.807, 2.05) is 13.1 Å². The van der Waals surface area contributed by atoms with Crippen LogP contribution in [0.2, 0.25) is 5.28 Å². The van der Waals surface area contributed by atoms with E-state index < -0.39 is 11.6 Å². The zero-order valence-electron chi connectivity index (χ0n) is 18.3. The monoisotopic (exact) mass is 486 g/mol. The van der Waals surface area contributed by atoms with Crippen LogP contribution in [0.25, 0.3) is 0 Å². The van der Waals surface area contributed by atoms with Gasteiger partial charge < -0.3 is 4.90 Å². The van der Waals surface area contributed by atoms with Gasteiger partial charge in [0.1, 0.15) is 11.6 Å². The van der Waals surface area contributed by atoms with Crippen LogP contribution in [0.5, 0.6) is 0 Å². The summed E-state index contributed by atoms with van der Waals surface area (Å²) in [6, 6.07) is 3.19. The van der Waals surface area contributed by atoms with Crippen molar-refractivity contribution in [1.82, 2.24) is 19.3 Å². The first-order chi connectivity index (χ1) is 16.3. The average Bonchev–Trinajstić information content (AvgIpc) is 3.50. The summed E-state index contributed by atoms with van der Waals surface area (Å²) in [6.45, 7) is 3.20. The van der Waals surface area contributed by atoms with E-state index in [9.17, 15) is 18.4 Å². The Morgan fingerprint density at radius 3 is 2.82 bits per heavy atom. The van der Waals surface area contributed by atoms with Crippen molar-refractivity contribution < 1.29 is 13.6 Å². The number of anilines is 1. The molecular weight excluding hydrogens is 466 g/mol. The molecule has 1 unspecified atom stereocenters. The van der Waals surface area contributed by atoms with Crippen molar-refractivity contribution in [3.05, 3.63) is 69.0 Å². The summed E-state index contributed by atoms with van der Waals surface area (Å²) in [5.41, 5.74) is 1.84. The molecule has 2 aliphatic heterocycles. The number of carbonyl (C=O) groups is 1. The Morgan fingerprint density at radius 2 is 2.06 bits per heavy atom. The molecule has 1 atom stereocenters. The lowest BCUT2D eigenvalue weighted by Crippen LogP contribution is -2.26. The van der Waals surface area contributed by atoms with Gasteiger partial charge in [-0.2, -0.15) is 10.1 Å². The predicted molar refractivity (Wildman–Crippen MR) is 123 cm³/mol. The molecule has 0 spiro atoms. The first-order valence-corrected chi connectivity index (χ1v) is 11.4. The van der Waals surface area contributed by atoms with Gasteiger partial charge in [-0.25, -0.2) is 13.8 Å². The third kappa shape index (κ3) is 4.02. The number of carbonyl (C=O) groups excluding carboxylic acids is 1. The van der Waals surface area contributed by atoms with Crippen LogP contribution in [0.1, 0.15) is 30.9 Å². The van der Waals surface area contributed by atoms with Crippen molar-refractivity contribution in [3.8, 4) is 0 Å². The van der Waals surface area contributed by atoms with Gasteiger partial charge >= 0.3 is 0 Å². The van der Waals surface area contributed by atoms with Gasteiger partial charge in [0.15, 0.2) is 5.82 Å². The Labute approximate surface area is 198 Å². The van der Waals surface area contributed by atoms with Gasteiger partial charge in [-0.05, 0) is 30.2 Å². The van der Waals surface area contributed by atoms with Crippen molar-refractivity contribution in [3.63, 3.8) is 0 Å². The van der Waals surface area contributed by atoms with Crippen LogP contribution < -0.4 is 10.5 Å². The molecule has 0 N–H and O–H groups in total. The molecule has 1 fully saturated rings. The molecule has 0 radical (unpaired) electrons. The van der Waals surface area contributed by atoms with Crippen LogP contribution in [0, 0.1) is 17.6 Å². The van der Waals surface area contributed by atoms with Gasteiger partial charge in [0.2, 0.25) is 11.2 Å². The predicted octanol–water partition coefficient (Wildman–Crippen LogP) is 3.51. The number of hydrogen-bond acceptors (Lipinski definition) is 5. The van der Waals surface area contributed by atoms with Gasteiger partial charge in [-0.3, -0.25) is 18.8 Å². The van der Waals surface area contributed by atoms with Gasteiger partial charge in [0.25, 0.3) is 5.56 Å². The Kier molecular flexibility index (Phi) is 5.76. The fourth-order valence-electron chi connectivity index (χ4n) is 4.44. The van der Waals surface area contributed by atoms with Crippen LogP contribution in [-0.4, -0.2) is 37.5 Å². The normalized spacial score (nSPS) is 17.4. The summed E-state index contributed by atoms with van der Waals surface area (Å²) in [6.07, 6.45) is 4.80. The summed E-state index contributed by atoms with van der Waals surface area (Å²) in [5, 5.41) is 4.50. The maximum absolute atomic E-state index is 14.1. The summed E-state index contributed by atoms with van der Waals surface area (Å²) in [5.74, 6) is -1.42. The molecule has 3 aromatic rings. The summed E-state index contributed by atoms with van der Waals surface area (Å²) < 4.78 is 30.5. The quantitative estimate of drug-likeness (QED) is 0.499. The van der Waals surface area contributed by atoms with E-state index in [-0.39, 0.29) is 34.8 Å². The van der Waals surface area contributed by atoms with Crippen molar-refractivity contribution in [2.24, 2.45) is 10.9 Å². The molecular formula is C23H21ClF2N6O2. The SMILES string of the molecule is CCCn1c(Cl)nc2c(c1=O)CC(c1cnn(CC3CC(=O)N(c4ccc(F)cc4F)C3)c1)=N2. The Morgan fingerprint density at radius 1 is 1.24 bits per heavy atom. The standard InChI is InChI=1S/C23H21ClF2N6O2/c1-2-5-31-22(34)16-8-18(28-21(16)29-23(31)24)14-9-27-30(12-14)10-13-6-20(33)32(11-13)19-4-3-15(25)7-17(19)26/h3-4,7,9,12-13H,2,5-6,8,10-11H2,1H3. The highest BCUT2D eigenvalue weighted by atomic mass is 35.5. The van der Waals surface area contributed by atoms with Crippen LogP contribution in [0.3, 0.4) is 0 Å². The minimum absolute atomic E-state index is 0.0769. The average molecular weight is 487 g/mol. The number of hydrogen-bond donors (Lipinski definition) is 0. The molecule has 11 heteroatoms. The smallest absolute Gasteiger partial charge is 0.260 e. The van der Waals surface area contributed by atoms with Crippen LogP contribution in [0.4, 0.5) is 20.3 Å². The molecule has 2 aromatic heterocycles. The molecule has 1 saturated heterocycles. The van der Waals surface area contributed by atoms with Crippen LogP contribution in [0.15, 0.2) is 40.4 Å². The van der Waals surface area contributed by atoms with Crippen molar-refractivity contribution in [1.29, 1.82) is 0 Å². The number of amides is 1. The first kappa shape index (κ1) is 22.4. The Bertz CT molecular complexity index is 1380. The van der Waals surface area contributed by atoms with Gasteiger partial charge in [0, 0.05) is 56.2 Å². The fraction of sp³-hybridized carbons (Fsp3) is 0.348. The second-order valence-electron chi connectivity index (χ2n) is 8.50. The molecule has 176 valence electrons. The summed E-state index contributed by atoms with van der Waals surface area (Å²) in [7, 11) is 0. The van der Waals surface area contributed by atoms with Crippen LogP contribution >= 0.6 is 11.6 Å². The van der Waals surface area contributed by atoms with Crippen molar-refractivity contribution >= 4 is 34.7 Å². The summed E-state index contributed by atoms with van der Waals surface area (Å²) in [4.78, 5) is 35.3. The molecule has 8 nitrogen and oxygen atoms in total. The highest BCUT2D eigenvalue weighted by Gasteiger charge is 2.33. The molecule has 1 amide bonds. The maximum atomic E-state index is 14.1. The molecule has 2 aliphatic rings. The number of rotatable bonds is 6. The lowest BCUT2D eigenvalue weighted by molar-refractivity contribution is -0.117. The highest BCUT2D eigenvalue weighted by molar-refractivity contribution is 6.28. The third-order valence-electron chi connectivity index (χ3n) is 6.04. The van der Waals surface area contributed by atoms with Crippen molar-refractivity contribution in [2.45, 2.75) is 39.3 Å². The topological polar surface area (TPSA) is 85.4 Å². The van der Waals surface area contributed by atoms with E-state index in [0.717, 1.165) is 24.1 Å². The third-order valence-corrected chi connectivity index (χ3v) is 6.33. The van der Waals surface area contributed by atoms with Crippen LogP contribution in [-0.2, 0) is 24.3 Å². The number of nitrogens with zero attached hydrogens (tertiary/aromatic N) is 6. The molecule has 0 saturated carbocycles. The van der Waals surface area contributed by atoms with Gasteiger partial charge in [0.05, 0.1) is 23.2 Å². The lowest BCUT2D eigenvalue weighted by atomic mass is 10.1. The lowest BCUT2D eigenvalue weighted by Gasteiger charge is -2.17. The highest BCUT2D eigenvalue weighted by Crippen LogP contribution is 2.29. The Hall–Kier alpha value is -3.40. The number of halogens is 3. The molecule has 1 aromatic carbocycles. The van der Waals surface area contributed by atoms with Gasteiger partial charge in [-0.1, -0.05) is 6.92 Å². The molecule has 0 aliphatic carbocycles. The fourth-order valence-corrected chi connectivity index (χ4v) is 4.68. The van der Waals surface area contributed by atoms with Gasteiger partial charge in [-0.15, -0.1) is 0 Å². The molecule has 0 bridgehead atoms. The zero-order chi connectivity index (χ0) is 24.0. The zero-order valence-corrected chi connectivity index (χ0v) is 19.1. The second kappa shape index (κ2) is 8.75. The minimum Gasteiger partial charge on any atom is -0.309 e. The maximum Gasteiger partial charge on any atom is 0.260 e. The molecule has 5 rings (SSSR count). The van der Waals surface area contributed by atoms with E-state index in [2.05, 4.69) is 15.1 Å². The molecule has 4 heterocycles. The number of aliphatic imine (C=N–C) groups is 1. The largest absolute Gasteiger partial charge is 0.309 e. The number of fused-ring (bicyclic) bond motifs is 1. The van der Waals surface area contributed by atoms with E-state index in [0.29, 0.717) is 43.1 Å². The molecule has 34 heavy (non-hydrogen) atoms. The number of benzene rings is 1. The Balaban J connectivity index is 1.29. The van der Waals surface area contributed by atoms with E-state index in [1.165, 1.54) is 15.5 Å². The van der Waals surface area contributed by atoms with E-state index in [1.54, 1.807) is 10.9 Å². The number of aromatic nitrogens is 4. The second-order valence-corrected chi connectivity index (χ2v) is 8.83. The van der Waals surface area contributed by atoms with E-state index in [4.69, 9.17) is 11.6 Å². The van der Waals surface area contributed by atoms with E-state index >= 15 is 0 Å². The first-order valence-electron chi connectivity index (χ1n) is 11.0. The summed E-state index contributed by atoms with van der Waals surface area (Å²) >= 11 is 6.16.